The Kier molecular flexibility index (Phi) is 3.41. The second kappa shape index (κ2) is 4.79. The Morgan fingerprint density at radius 3 is 2.80 bits per heavy atom. The van der Waals surface area contributed by atoms with E-state index in [9.17, 15) is 5.11 Å². The smallest absolute Gasteiger partial charge is 0.0764 e. The molecule has 2 rings (SSSR count). The number of aliphatic hydroxyl groups excluding tert-OH is 1. The van der Waals surface area contributed by atoms with E-state index < -0.39 is 0 Å². The van der Waals surface area contributed by atoms with E-state index in [1.54, 1.807) is 6.20 Å². The molecule has 1 aliphatic rings. The maximum atomic E-state index is 10.1. The first-order valence-electron chi connectivity index (χ1n) is 5.94. The van der Waals surface area contributed by atoms with Gasteiger partial charge in [-0.05, 0) is 31.7 Å². The average molecular weight is 208 g/mol. The molecule has 1 saturated carbocycles. The topological polar surface area (TPSA) is 38.0 Å². The van der Waals surface area contributed by atoms with Gasteiger partial charge in [-0.25, -0.2) is 0 Å². The normalized spacial score (nSPS) is 20.4. The van der Waals surface area contributed by atoms with Crippen molar-refractivity contribution in [2.45, 2.75) is 51.7 Å². The van der Waals surface area contributed by atoms with Gasteiger partial charge in [0.15, 0.2) is 0 Å². The van der Waals surface area contributed by atoms with Gasteiger partial charge in [0.25, 0.3) is 0 Å². The van der Waals surface area contributed by atoms with Crippen molar-refractivity contribution in [1.82, 2.24) is 9.78 Å². The summed E-state index contributed by atoms with van der Waals surface area (Å²) in [5.74, 6) is 0.488. The zero-order chi connectivity index (χ0) is 10.7. The maximum absolute atomic E-state index is 10.1. The first-order chi connectivity index (χ1) is 7.27. The molecule has 3 nitrogen and oxygen atoms in total. The molecule has 1 unspecified atom stereocenters. The van der Waals surface area contributed by atoms with Crippen molar-refractivity contribution in [3.05, 3.63) is 18.0 Å². The highest BCUT2D eigenvalue weighted by Gasteiger charge is 2.22. The number of aromatic nitrogens is 2. The number of aliphatic hydroxyl groups is 1. The van der Waals surface area contributed by atoms with Gasteiger partial charge in [0.2, 0.25) is 0 Å². The van der Waals surface area contributed by atoms with Crippen molar-refractivity contribution in [3.8, 4) is 0 Å². The number of nitrogens with zero attached hydrogens (tertiary/aromatic N) is 2. The van der Waals surface area contributed by atoms with Gasteiger partial charge in [0.05, 0.1) is 12.6 Å². The van der Waals surface area contributed by atoms with E-state index in [2.05, 4.69) is 5.10 Å². The standard InChI is InChI=1S/C12H20N2O/c1-10-7-8-13-14(10)9-12(15)11-5-3-2-4-6-11/h7-8,11-12,15H,2-6,9H2,1H3. The average Bonchev–Trinajstić information content (AvgIpc) is 2.66. The molecule has 0 aliphatic heterocycles. The summed E-state index contributed by atoms with van der Waals surface area (Å²) >= 11 is 0. The summed E-state index contributed by atoms with van der Waals surface area (Å²) in [5, 5.41) is 14.3. The molecule has 1 N–H and O–H groups in total. The molecule has 1 heterocycles. The third kappa shape index (κ3) is 2.59. The lowest BCUT2D eigenvalue weighted by atomic mass is 9.85. The lowest BCUT2D eigenvalue weighted by Gasteiger charge is -2.26. The highest BCUT2D eigenvalue weighted by atomic mass is 16.3. The quantitative estimate of drug-likeness (QED) is 0.826. The first-order valence-corrected chi connectivity index (χ1v) is 5.94. The molecule has 84 valence electrons. The van der Waals surface area contributed by atoms with Gasteiger partial charge in [0.1, 0.15) is 0 Å². The fourth-order valence-electron chi connectivity index (χ4n) is 2.44. The minimum atomic E-state index is -0.219. The van der Waals surface area contributed by atoms with Crippen LogP contribution in [0.4, 0.5) is 0 Å². The van der Waals surface area contributed by atoms with E-state index in [-0.39, 0.29) is 6.10 Å². The molecule has 1 fully saturated rings. The zero-order valence-corrected chi connectivity index (χ0v) is 9.39. The molecule has 1 aromatic heterocycles. The Balaban J connectivity index is 1.91. The van der Waals surface area contributed by atoms with Gasteiger partial charge in [-0.15, -0.1) is 0 Å². The maximum Gasteiger partial charge on any atom is 0.0764 e. The summed E-state index contributed by atoms with van der Waals surface area (Å²) in [6.07, 6.45) is 7.83. The van der Waals surface area contributed by atoms with Gasteiger partial charge in [0, 0.05) is 11.9 Å². The minimum absolute atomic E-state index is 0.219. The fourth-order valence-corrected chi connectivity index (χ4v) is 2.44. The van der Waals surface area contributed by atoms with Crippen LogP contribution in [0.5, 0.6) is 0 Å². The summed E-state index contributed by atoms with van der Waals surface area (Å²) in [6.45, 7) is 2.68. The van der Waals surface area contributed by atoms with E-state index in [1.165, 1.54) is 32.1 Å². The Morgan fingerprint density at radius 2 is 2.20 bits per heavy atom. The molecule has 15 heavy (non-hydrogen) atoms. The molecular formula is C12H20N2O. The number of hydrogen-bond donors (Lipinski definition) is 1. The second-order valence-corrected chi connectivity index (χ2v) is 4.62. The third-order valence-electron chi connectivity index (χ3n) is 3.48. The molecule has 0 spiro atoms. The van der Waals surface area contributed by atoms with Crippen LogP contribution in [-0.2, 0) is 6.54 Å². The molecule has 0 aromatic carbocycles. The van der Waals surface area contributed by atoms with Crippen molar-refractivity contribution in [3.63, 3.8) is 0 Å². The van der Waals surface area contributed by atoms with E-state index in [0.717, 1.165) is 5.69 Å². The number of hydrogen-bond acceptors (Lipinski definition) is 2. The van der Waals surface area contributed by atoms with Crippen LogP contribution >= 0.6 is 0 Å². The predicted molar refractivity (Wildman–Crippen MR) is 59.5 cm³/mol. The van der Waals surface area contributed by atoms with Crippen molar-refractivity contribution in [1.29, 1.82) is 0 Å². The Labute approximate surface area is 91.1 Å². The lowest BCUT2D eigenvalue weighted by Crippen LogP contribution is -2.28. The Morgan fingerprint density at radius 1 is 1.47 bits per heavy atom. The molecule has 0 saturated heterocycles. The Hall–Kier alpha value is -0.830. The van der Waals surface area contributed by atoms with Crippen molar-refractivity contribution >= 4 is 0 Å². The minimum Gasteiger partial charge on any atom is -0.391 e. The van der Waals surface area contributed by atoms with Crippen molar-refractivity contribution in [2.24, 2.45) is 5.92 Å². The van der Waals surface area contributed by atoms with Crippen LogP contribution in [0.3, 0.4) is 0 Å². The highest BCUT2D eigenvalue weighted by molar-refractivity contribution is 4.96. The number of aryl methyl sites for hydroxylation is 1. The van der Waals surface area contributed by atoms with E-state index in [4.69, 9.17) is 0 Å². The van der Waals surface area contributed by atoms with E-state index in [1.807, 2.05) is 17.7 Å². The van der Waals surface area contributed by atoms with Gasteiger partial charge in [-0.1, -0.05) is 19.3 Å². The summed E-state index contributed by atoms with van der Waals surface area (Å²) in [7, 11) is 0. The monoisotopic (exact) mass is 208 g/mol. The largest absolute Gasteiger partial charge is 0.391 e. The second-order valence-electron chi connectivity index (χ2n) is 4.62. The molecule has 0 radical (unpaired) electrons. The SMILES string of the molecule is Cc1ccnn1CC(O)C1CCCCC1. The van der Waals surface area contributed by atoms with Crippen molar-refractivity contribution in [2.75, 3.05) is 0 Å². The molecule has 3 heteroatoms. The molecular weight excluding hydrogens is 188 g/mol. The highest BCUT2D eigenvalue weighted by Crippen LogP contribution is 2.27. The molecule has 0 bridgehead atoms. The van der Waals surface area contributed by atoms with E-state index >= 15 is 0 Å². The van der Waals surface area contributed by atoms with Crippen molar-refractivity contribution < 1.29 is 5.11 Å². The van der Waals surface area contributed by atoms with Gasteiger partial charge < -0.3 is 5.11 Å². The molecule has 1 atom stereocenters. The van der Waals surface area contributed by atoms with Gasteiger partial charge in [-0.3, -0.25) is 4.68 Å². The first kappa shape index (κ1) is 10.7. The van der Waals surface area contributed by atoms with Crippen LogP contribution in [0.25, 0.3) is 0 Å². The summed E-state index contributed by atoms with van der Waals surface area (Å²) in [6, 6.07) is 1.98. The molecule has 0 amide bonds. The van der Waals surface area contributed by atoms with Crippen LogP contribution < -0.4 is 0 Å². The summed E-state index contributed by atoms with van der Waals surface area (Å²) in [4.78, 5) is 0. The van der Waals surface area contributed by atoms with E-state index in [0.29, 0.717) is 12.5 Å². The summed E-state index contributed by atoms with van der Waals surface area (Å²) < 4.78 is 1.90. The van der Waals surface area contributed by atoms with Crippen LogP contribution in [0, 0.1) is 12.8 Å². The summed E-state index contributed by atoms with van der Waals surface area (Å²) in [5.41, 5.74) is 1.13. The Bertz CT molecular complexity index is 302. The van der Waals surface area contributed by atoms with Crippen LogP contribution in [0.15, 0.2) is 12.3 Å². The fraction of sp³-hybridized carbons (Fsp3) is 0.750. The molecule has 1 aliphatic carbocycles. The van der Waals surface area contributed by atoms with Crippen LogP contribution in [-0.4, -0.2) is 21.0 Å². The van der Waals surface area contributed by atoms with Crippen LogP contribution in [0.1, 0.15) is 37.8 Å². The zero-order valence-electron chi connectivity index (χ0n) is 9.39. The third-order valence-corrected chi connectivity index (χ3v) is 3.48. The number of rotatable bonds is 3. The predicted octanol–water partition coefficient (Wildman–Crippen LogP) is 2.13. The van der Waals surface area contributed by atoms with Gasteiger partial charge in [-0.2, -0.15) is 5.10 Å². The lowest BCUT2D eigenvalue weighted by molar-refractivity contribution is 0.0659. The molecule has 1 aromatic rings. The van der Waals surface area contributed by atoms with Gasteiger partial charge >= 0.3 is 0 Å². The van der Waals surface area contributed by atoms with Crippen LogP contribution in [0.2, 0.25) is 0 Å².